The lowest BCUT2D eigenvalue weighted by molar-refractivity contribution is 1.18. The van der Waals surface area contributed by atoms with Crippen LogP contribution in [-0.4, -0.2) is 9.55 Å². The van der Waals surface area contributed by atoms with Crippen LogP contribution in [0.15, 0.2) is 78.9 Å². The summed E-state index contributed by atoms with van der Waals surface area (Å²) in [6.07, 6.45) is 0. The highest BCUT2D eigenvalue weighted by molar-refractivity contribution is 6.23. The number of fused-ring (bicyclic) bond motifs is 5. The summed E-state index contributed by atoms with van der Waals surface area (Å²) in [6.45, 7) is 11.0. The SMILES string of the molecule is Cc1cc(C)cc(-c2nc3cc(C)c(C)c(C)c3c3c2c2ccccc2n3-c2ccccc2)c1. The van der Waals surface area contributed by atoms with Gasteiger partial charge in [-0.1, -0.05) is 53.6 Å². The van der Waals surface area contributed by atoms with Gasteiger partial charge in [-0.3, -0.25) is 0 Å². The van der Waals surface area contributed by atoms with E-state index in [1.807, 2.05) is 0 Å². The first-order valence-electron chi connectivity index (χ1n) is 11.9. The van der Waals surface area contributed by atoms with E-state index in [4.69, 9.17) is 4.98 Å². The maximum Gasteiger partial charge on any atom is 0.0810 e. The maximum atomic E-state index is 5.36. The molecule has 0 N–H and O–H groups in total. The predicted molar refractivity (Wildman–Crippen MR) is 145 cm³/mol. The van der Waals surface area contributed by atoms with Gasteiger partial charge >= 0.3 is 0 Å². The van der Waals surface area contributed by atoms with Crippen molar-refractivity contribution in [1.29, 1.82) is 0 Å². The summed E-state index contributed by atoms with van der Waals surface area (Å²) in [5.74, 6) is 0. The van der Waals surface area contributed by atoms with Gasteiger partial charge in [-0.05, 0) is 87.7 Å². The lowest BCUT2D eigenvalue weighted by Gasteiger charge is -2.16. The largest absolute Gasteiger partial charge is 0.308 e. The van der Waals surface area contributed by atoms with Crippen molar-refractivity contribution in [3.8, 4) is 16.9 Å². The zero-order valence-electron chi connectivity index (χ0n) is 20.4. The lowest BCUT2D eigenvalue weighted by atomic mass is 9.95. The van der Waals surface area contributed by atoms with Gasteiger partial charge in [0.25, 0.3) is 0 Å². The molecule has 2 heteroatoms. The number of aromatic nitrogens is 2. The van der Waals surface area contributed by atoms with Crippen LogP contribution in [0.5, 0.6) is 0 Å². The maximum absolute atomic E-state index is 5.36. The smallest absolute Gasteiger partial charge is 0.0810 e. The molecule has 0 radical (unpaired) electrons. The average molecular weight is 441 g/mol. The molecule has 0 saturated carbocycles. The fourth-order valence-electron chi connectivity index (χ4n) is 5.51. The molecule has 0 unspecified atom stereocenters. The van der Waals surface area contributed by atoms with Gasteiger partial charge in [0.1, 0.15) is 0 Å². The summed E-state index contributed by atoms with van der Waals surface area (Å²) in [5, 5.41) is 3.71. The number of aryl methyl sites for hydroxylation is 4. The number of pyridine rings is 1. The Bertz CT molecular complexity index is 1720. The number of benzene rings is 4. The van der Waals surface area contributed by atoms with Gasteiger partial charge in [0.05, 0.1) is 22.2 Å². The summed E-state index contributed by atoms with van der Waals surface area (Å²) >= 11 is 0. The number of rotatable bonds is 2. The monoisotopic (exact) mass is 440 g/mol. The van der Waals surface area contributed by atoms with Gasteiger partial charge in [0.2, 0.25) is 0 Å². The fraction of sp³-hybridized carbons (Fsp3) is 0.156. The number of para-hydroxylation sites is 2. The molecule has 0 aliphatic heterocycles. The van der Waals surface area contributed by atoms with Gasteiger partial charge in [-0.25, -0.2) is 4.98 Å². The zero-order valence-corrected chi connectivity index (χ0v) is 20.4. The second-order valence-electron chi connectivity index (χ2n) is 9.59. The third kappa shape index (κ3) is 2.99. The molecule has 0 aliphatic rings. The van der Waals surface area contributed by atoms with Crippen molar-refractivity contribution < 1.29 is 0 Å². The van der Waals surface area contributed by atoms with Crippen LogP contribution in [0.25, 0.3) is 49.7 Å². The van der Waals surface area contributed by atoms with E-state index >= 15 is 0 Å². The third-order valence-electron chi connectivity index (χ3n) is 7.23. The minimum absolute atomic E-state index is 1.06. The van der Waals surface area contributed by atoms with E-state index in [0.29, 0.717) is 0 Å². The van der Waals surface area contributed by atoms with Crippen LogP contribution in [0.3, 0.4) is 0 Å². The summed E-state index contributed by atoms with van der Waals surface area (Å²) in [6, 6.07) is 28.5. The molecule has 2 nitrogen and oxygen atoms in total. The van der Waals surface area contributed by atoms with Crippen LogP contribution in [0.1, 0.15) is 27.8 Å². The van der Waals surface area contributed by atoms with E-state index in [-0.39, 0.29) is 0 Å². The third-order valence-corrected chi connectivity index (χ3v) is 7.23. The van der Waals surface area contributed by atoms with Gasteiger partial charge in [-0.2, -0.15) is 0 Å². The Morgan fingerprint density at radius 2 is 1.32 bits per heavy atom. The molecule has 2 heterocycles. The van der Waals surface area contributed by atoms with E-state index in [0.717, 1.165) is 11.2 Å². The van der Waals surface area contributed by atoms with Crippen molar-refractivity contribution in [1.82, 2.24) is 9.55 Å². The van der Waals surface area contributed by atoms with Crippen molar-refractivity contribution in [2.45, 2.75) is 34.6 Å². The molecule has 4 aromatic carbocycles. The molecular formula is C32H28N2. The highest BCUT2D eigenvalue weighted by atomic mass is 15.0. The van der Waals surface area contributed by atoms with Crippen LogP contribution in [-0.2, 0) is 0 Å². The summed E-state index contributed by atoms with van der Waals surface area (Å²) in [4.78, 5) is 5.36. The summed E-state index contributed by atoms with van der Waals surface area (Å²) in [5.41, 5.74) is 13.4. The van der Waals surface area contributed by atoms with Crippen LogP contribution >= 0.6 is 0 Å². The molecule has 166 valence electrons. The molecule has 0 aliphatic carbocycles. The van der Waals surface area contributed by atoms with Crippen molar-refractivity contribution in [3.05, 3.63) is 107 Å². The predicted octanol–water partition coefficient (Wildman–Crippen LogP) is 8.54. The van der Waals surface area contributed by atoms with E-state index in [1.54, 1.807) is 0 Å². The van der Waals surface area contributed by atoms with Crippen molar-refractivity contribution in [3.63, 3.8) is 0 Å². The molecule has 34 heavy (non-hydrogen) atoms. The molecular weight excluding hydrogens is 412 g/mol. The normalized spacial score (nSPS) is 11.7. The first kappa shape index (κ1) is 20.7. The fourth-order valence-corrected chi connectivity index (χ4v) is 5.51. The first-order valence-corrected chi connectivity index (χ1v) is 11.9. The Hall–Kier alpha value is -3.91. The van der Waals surface area contributed by atoms with Gasteiger partial charge in [0.15, 0.2) is 0 Å². The Morgan fingerprint density at radius 1 is 0.647 bits per heavy atom. The van der Waals surface area contributed by atoms with Crippen molar-refractivity contribution in [2.24, 2.45) is 0 Å². The molecule has 0 bridgehead atoms. The van der Waals surface area contributed by atoms with E-state index in [1.165, 1.54) is 66.3 Å². The molecule has 0 fully saturated rings. The highest BCUT2D eigenvalue weighted by Gasteiger charge is 2.22. The molecule has 0 spiro atoms. The lowest BCUT2D eigenvalue weighted by Crippen LogP contribution is -1.99. The molecule has 6 aromatic rings. The first-order chi connectivity index (χ1) is 16.4. The Morgan fingerprint density at radius 3 is 2.06 bits per heavy atom. The number of hydrogen-bond donors (Lipinski definition) is 0. The van der Waals surface area contributed by atoms with Crippen LogP contribution in [0.2, 0.25) is 0 Å². The van der Waals surface area contributed by atoms with Gasteiger partial charge in [0, 0.05) is 27.4 Å². The minimum atomic E-state index is 1.06. The average Bonchev–Trinajstić information content (AvgIpc) is 3.17. The zero-order chi connectivity index (χ0) is 23.6. The number of nitrogens with zero attached hydrogens (tertiary/aromatic N) is 2. The van der Waals surface area contributed by atoms with Crippen molar-refractivity contribution in [2.75, 3.05) is 0 Å². The topological polar surface area (TPSA) is 17.8 Å². The van der Waals surface area contributed by atoms with Gasteiger partial charge < -0.3 is 4.57 Å². The van der Waals surface area contributed by atoms with E-state index < -0.39 is 0 Å². The second kappa shape index (κ2) is 7.56. The summed E-state index contributed by atoms with van der Waals surface area (Å²) < 4.78 is 2.43. The second-order valence-corrected chi connectivity index (χ2v) is 9.59. The molecule has 0 atom stereocenters. The number of hydrogen-bond acceptors (Lipinski definition) is 1. The molecule has 0 saturated heterocycles. The highest BCUT2D eigenvalue weighted by Crippen LogP contribution is 2.43. The Labute approximate surface area is 200 Å². The van der Waals surface area contributed by atoms with Crippen molar-refractivity contribution >= 4 is 32.7 Å². The van der Waals surface area contributed by atoms with E-state index in [9.17, 15) is 0 Å². The quantitative estimate of drug-likeness (QED) is 0.264. The Balaban J connectivity index is 1.94. The van der Waals surface area contributed by atoms with Crippen LogP contribution in [0.4, 0.5) is 0 Å². The molecule has 6 rings (SSSR count). The Kier molecular flexibility index (Phi) is 4.60. The molecule has 2 aromatic heterocycles. The van der Waals surface area contributed by atoms with Crippen LogP contribution in [0, 0.1) is 34.6 Å². The standard InChI is InChI=1S/C32H28N2/c1-19-15-20(2)17-24(16-19)31-30-26-13-9-10-14-28(26)34(25-11-7-6-8-12-25)32(30)29-23(5)22(4)21(3)18-27(29)33-31/h6-18H,1-5H3. The minimum Gasteiger partial charge on any atom is -0.308 e. The summed E-state index contributed by atoms with van der Waals surface area (Å²) in [7, 11) is 0. The van der Waals surface area contributed by atoms with E-state index in [2.05, 4.69) is 118 Å². The van der Waals surface area contributed by atoms with Gasteiger partial charge in [-0.15, -0.1) is 0 Å². The van der Waals surface area contributed by atoms with Crippen LogP contribution < -0.4 is 0 Å². The molecule has 0 amide bonds.